The molecule has 2 atom stereocenters. The third kappa shape index (κ3) is 12.9. The first-order valence-corrected chi connectivity index (χ1v) is 13.3. The molecule has 0 aliphatic rings. The van der Waals surface area contributed by atoms with Crippen molar-refractivity contribution in [2.75, 3.05) is 12.3 Å². The topological polar surface area (TPSA) is 387 Å². The number of aryl methyl sites for hydroxylation is 2. The molecule has 0 radical (unpaired) electrons. The average molecular weight is 581 g/mol. The second-order valence-corrected chi connectivity index (χ2v) is 10.5. The Morgan fingerprint density at radius 2 is 1.61 bits per heavy atom. The van der Waals surface area contributed by atoms with E-state index in [2.05, 4.69) is 34.0 Å². The number of fused-ring (bicyclic) bond motifs is 1. The van der Waals surface area contributed by atoms with Crippen LogP contribution >= 0.6 is 23.5 Å². The smallest absolute Gasteiger partial charge is 0.278 e. The zero-order valence-corrected chi connectivity index (χ0v) is 23.1. The fraction of sp³-hybridized carbons (Fsp3) is 0.500. The van der Waals surface area contributed by atoms with E-state index in [1.54, 1.807) is 4.57 Å². The van der Waals surface area contributed by atoms with Crippen LogP contribution in [0.4, 0.5) is 5.82 Å². The zero-order valence-electron chi connectivity index (χ0n) is 20.4. The Kier molecular flexibility index (Phi) is 17.3. The van der Waals surface area contributed by atoms with Crippen molar-refractivity contribution in [1.82, 2.24) is 44.1 Å². The normalized spacial score (nSPS) is 14.1. The molecule has 36 heavy (non-hydrogen) atoms. The van der Waals surface area contributed by atoms with E-state index in [1.807, 2.05) is 0 Å². The Labute approximate surface area is 207 Å². The van der Waals surface area contributed by atoms with Gasteiger partial charge in [-0.15, -0.1) is 12.3 Å². The van der Waals surface area contributed by atoms with Crippen molar-refractivity contribution in [2.45, 2.75) is 38.6 Å². The molecule has 0 saturated carbocycles. The summed E-state index contributed by atoms with van der Waals surface area (Å²) in [5, 5.41) is 0. The summed E-state index contributed by atoms with van der Waals surface area (Å²) in [7, 11) is -17.5. The Bertz CT molecular complexity index is 1140. The van der Waals surface area contributed by atoms with Gasteiger partial charge in [-0.25, -0.2) is 19.3 Å². The van der Waals surface area contributed by atoms with E-state index < -0.39 is 30.1 Å². The maximum absolute atomic E-state index is 11.5. The summed E-state index contributed by atoms with van der Waals surface area (Å²) in [6.07, 6.45) is 8.96. The van der Waals surface area contributed by atoms with Gasteiger partial charge in [0.1, 0.15) is 11.3 Å². The van der Waals surface area contributed by atoms with Gasteiger partial charge in [-0.2, -0.15) is 0 Å². The van der Waals surface area contributed by atoms with E-state index in [4.69, 9.17) is 12.2 Å². The summed E-state index contributed by atoms with van der Waals surface area (Å²) in [5.41, 5.74) is 6.79. The third-order valence-electron chi connectivity index (χ3n) is 3.70. The number of hydrogen-bond acceptors (Lipinski definition) is 14. The van der Waals surface area contributed by atoms with Gasteiger partial charge in [0.25, 0.3) is 15.6 Å². The molecule has 0 spiro atoms. The molecule has 2 aromatic heterocycles. The van der Waals surface area contributed by atoms with Gasteiger partial charge in [0.15, 0.2) is 11.5 Å². The molecule has 0 saturated heterocycles. The number of nitrogen functional groups attached to an aromatic ring is 1. The molecular formula is C14H34N9O10P3. The number of terminal acetylenes is 1. The number of quaternary nitrogens is 4. The number of nitrogens with zero attached hydrogens (tertiary/aromatic N) is 4. The minimum Gasteiger partial charge on any atom is -0.790 e. The number of nitrogens with two attached hydrogens (primary N) is 1. The highest BCUT2D eigenvalue weighted by molar-refractivity contribution is 7.64. The average Bonchev–Trinajstić information content (AvgIpc) is 3.02. The molecule has 0 fully saturated rings. The fourth-order valence-electron chi connectivity index (χ4n) is 2.48. The summed E-state index contributed by atoms with van der Waals surface area (Å²) in [4.78, 5) is 55.8. The van der Waals surface area contributed by atoms with E-state index >= 15 is 0 Å². The SMILES string of the molecule is C#CCCCc1nc(N)c2ncn(CCCCOP(=O)([O-])OP(=O)([O-])OP(=O)([O-])[O-])c2n1.[NH4+].[NH4+].[NH4+].[NH4+]. The molecule has 2 rings (SSSR count). The Balaban J connectivity index is -0.00000272. The quantitative estimate of drug-likeness (QED) is 0.122. The molecule has 210 valence electrons. The van der Waals surface area contributed by atoms with Crippen molar-refractivity contribution < 1.29 is 46.4 Å². The highest BCUT2D eigenvalue weighted by Gasteiger charge is 2.21. The van der Waals surface area contributed by atoms with E-state index in [9.17, 15) is 33.3 Å². The summed E-state index contributed by atoms with van der Waals surface area (Å²) in [6.45, 7) is -0.156. The van der Waals surface area contributed by atoms with E-state index in [0.29, 0.717) is 49.2 Å². The molecule has 18 N–H and O–H groups in total. The predicted molar refractivity (Wildman–Crippen MR) is 126 cm³/mol. The van der Waals surface area contributed by atoms with Crippen LogP contribution in [0.5, 0.6) is 0 Å². The number of rotatable bonds is 13. The number of phosphoric ester groups is 1. The molecule has 22 heteroatoms. The van der Waals surface area contributed by atoms with Gasteiger partial charge in [0.2, 0.25) is 0 Å². The lowest BCUT2D eigenvalue weighted by Gasteiger charge is -2.37. The van der Waals surface area contributed by atoms with Crippen LogP contribution in [0.2, 0.25) is 0 Å². The van der Waals surface area contributed by atoms with Crippen molar-refractivity contribution in [2.24, 2.45) is 0 Å². The summed E-state index contributed by atoms with van der Waals surface area (Å²) in [5.74, 6) is 3.24. The van der Waals surface area contributed by atoms with Gasteiger partial charge >= 0.3 is 0 Å². The van der Waals surface area contributed by atoms with Gasteiger partial charge < -0.3 is 63.6 Å². The molecule has 2 aromatic rings. The van der Waals surface area contributed by atoms with Gasteiger partial charge in [-0.3, -0.25) is 13.4 Å². The first-order valence-electron chi connectivity index (χ1n) is 8.94. The van der Waals surface area contributed by atoms with Gasteiger partial charge in [-0.05, 0) is 19.3 Å². The Hall–Kier alpha value is -1.84. The minimum atomic E-state index is -6.03. The van der Waals surface area contributed by atoms with E-state index in [-0.39, 0.29) is 36.8 Å². The molecule has 0 aromatic carbocycles. The van der Waals surface area contributed by atoms with Crippen molar-refractivity contribution in [3.63, 3.8) is 0 Å². The highest BCUT2D eigenvalue weighted by Crippen LogP contribution is 2.60. The molecule has 2 unspecified atom stereocenters. The van der Waals surface area contributed by atoms with Crippen LogP contribution in [0.25, 0.3) is 11.2 Å². The largest absolute Gasteiger partial charge is 0.790 e. The van der Waals surface area contributed by atoms with Crippen molar-refractivity contribution in [3.05, 3.63) is 12.2 Å². The second-order valence-electron chi connectivity index (χ2n) is 6.24. The maximum Gasteiger partial charge on any atom is 0.278 e. The number of hydrogen-bond donors (Lipinski definition) is 5. The Morgan fingerprint density at radius 3 is 2.19 bits per heavy atom. The number of anilines is 1. The van der Waals surface area contributed by atoms with Crippen LogP contribution in [-0.2, 0) is 39.8 Å². The number of imidazole rings is 1. The lowest BCUT2D eigenvalue weighted by molar-refractivity contribution is -0.339. The monoisotopic (exact) mass is 581 g/mol. The summed E-state index contributed by atoms with van der Waals surface area (Å²) >= 11 is 0. The predicted octanol–water partition coefficient (Wildman–Crippen LogP) is 0.465. The Morgan fingerprint density at radius 1 is 0.972 bits per heavy atom. The highest BCUT2D eigenvalue weighted by atomic mass is 31.3. The van der Waals surface area contributed by atoms with Crippen molar-refractivity contribution in [3.8, 4) is 12.3 Å². The fourth-order valence-corrected chi connectivity index (χ4v) is 5.37. The number of aromatic nitrogens is 4. The molecule has 0 amide bonds. The van der Waals surface area contributed by atoms with Crippen molar-refractivity contribution >= 4 is 40.4 Å². The molecule has 0 bridgehead atoms. The molecule has 19 nitrogen and oxygen atoms in total. The van der Waals surface area contributed by atoms with Gasteiger partial charge in [0, 0.05) is 19.4 Å². The molecule has 0 aliphatic heterocycles. The van der Waals surface area contributed by atoms with Crippen LogP contribution < -0.4 is 49.9 Å². The standard InChI is InChI=1S/C14H22N5O10P3.4H3N/c1-2-3-4-7-11-17-13(15)12-14(18-11)19(10-16-12)8-5-6-9-27-31(23,24)29-32(25,26)28-30(20,21)22;;;;/h1,10H,3-9H2,(H,23,24)(H,25,26)(H2,15,17,18)(H2,20,21,22);4*1H3. The van der Waals surface area contributed by atoms with E-state index in [0.717, 1.165) is 0 Å². The van der Waals surface area contributed by atoms with Crippen LogP contribution in [0.15, 0.2) is 6.33 Å². The van der Waals surface area contributed by atoms with Gasteiger partial charge in [-0.1, -0.05) is 0 Å². The first kappa shape index (κ1) is 38.7. The van der Waals surface area contributed by atoms with E-state index in [1.165, 1.54) is 6.33 Å². The van der Waals surface area contributed by atoms with Crippen LogP contribution in [0.3, 0.4) is 0 Å². The van der Waals surface area contributed by atoms with Crippen LogP contribution in [-0.4, -0.2) is 26.1 Å². The minimum absolute atomic E-state index is 0. The lowest BCUT2D eigenvalue weighted by Crippen LogP contribution is -2.20. The summed E-state index contributed by atoms with van der Waals surface area (Å²) in [6, 6.07) is 0. The molecular weight excluding hydrogens is 547 g/mol. The van der Waals surface area contributed by atoms with Crippen LogP contribution in [0.1, 0.15) is 31.5 Å². The van der Waals surface area contributed by atoms with Crippen molar-refractivity contribution in [1.29, 1.82) is 0 Å². The van der Waals surface area contributed by atoms with Crippen LogP contribution in [0, 0.1) is 12.3 Å². The third-order valence-corrected chi connectivity index (χ3v) is 7.40. The lowest BCUT2D eigenvalue weighted by atomic mass is 10.2. The molecule has 0 aliphatic carbocycles. The number of unbranched alkanes of at least 4 members (excludes halogenated alkanes) is 2. The maximum atomic E-state index is 11.5. The van der Waals surface area contributed by atoms with Gasteiger partial charge in [0.05, 0.1) is 20.8 Å². The first-order chi connectivity index (χ1) is 14.8. The molecule has 2 heterocycles. The second kappa shape index (κ2) is 16.1. The summed E-state index contributed by atoms with van der Waals surface area (Å²) < 4.78 is 45.4. The number of phosphoric acid groups is 3. The zero-order chi connectivity index (χ0) is 24.0.